The maximum Gasteiger partial charge on any atom is 0.272 e. The van der Waals surface area contributed by atoms with Gasteiger partial charge in [0.2, 0.25) is 6.17 Å². The standard InChI is InChI=1S/C27H25BrCl2N4O3S/c1-34-21-9-8-16(29)13-18(21)24(17-6-4-5-7-20(17)30)32-25(26(34)35)33-27(38)31-11-10-15-12-22(36-2)23(37-3)14-19(15)28/h4-9,12-14,25H,10-11H2,1-3H3,(H2,31,33,38). The quantitative estimate of drug-likeness (QED) is 0.328. The molecule has 1 aliphatic rings. The number of ether oxygens (including phenoxy) is 2. The number of benzodiazepines with no additional fused rings is 1. The van der Waals surface area contributed by atoms with Crippen LogP contribution in [-0.4, -0.2) is 50.7 Å². The van der Waals surface area contributed by atoms with Crippen LogP contribution in [0.3, 0.4) is 0 Å². The van der Waals surface area contributed by atoms with Gasteiger partial charge in [-0.15, -0.1) is 0 Å². The highest BCUT2D eigenvalue weighted by Gasteiger charge is 2.31. The smallest absolute Gasteiger partial charge is 0.272 e. The summed E-state index contributed by atoms with van der Waals surface area (Å²) >= 11 is 22.0. The second-order valence-corrected chi connectivity index (χ2v) is 10.5. The van der Waals surface area contributed by atoms with Crippen LogP contribution in [0.5, 0.6) is 11.5 Å². The van der Waals surface area contributed by atoms with Gasteiger partial charge in [-0.2, -0.15) is 0 Å². The Morgan fingerprint density at radius 2 is 1.79 bits per heavy atom. The first-order valence-corrected chi connectivity index (χ1v) is 13.5. The normalized spacial score (nSPS) is 14.8. The monoisotopic (exact) mass is 634 g/mol. The second-order valence-electron chi connectivity index (χ2n) is 8.37. The number of nitrogens with zero attached hydrogens (tertiary/aromatic N) is 2. The molecule has 1 heterocycles. The molecule has 3 aromatic carbocycles. The van der Waals surface area contributed by atoms with Crippen molar-refractivity contribution in [2.75, 3.05) is 32.7 Å². The van der Waals surface area contributed by atoms with Crippen molar-refractivity contribution < 1.29 is 14.3 Å². The number of rotatable bonds is 7. The number of nitrogens with one attached hydrogen (secondary N) is 2. The van der Waals surface area contributed by atoms with E-state index in [9.17, 15) is 4.79 Å². The summed E-state index contributed by atoms with van der Waals surface area (Å²) in [6.45, 7) is 0.508. The lowest BCUT2D eigenvalue weighted by atomic mass is 10.00. The summed E-state index contributed by atoms with van der Waals surface area (Å²) in [5.41, 5.74) is 3.60. The summed E-state index contributed by atoms with van der Waals surface area (Å²) in [6.07, 6.45) is -0.343. The molecule has 38 heavy (non-hydrogen) atoms. The molecule has 0 saturated heterocycles. The van der Waals surface area contributed by atoms with Gasteiger partial charge in [-0.1, -0.05) is 57.3 Å². The summed E-state index contributed by atoms with van der Waals surface area (Å²) in [4.78, 5) is 19.8. The highest BCUT2D eigenvalue weighted by molar-refractivity contribution is 9.10. The van der Waals surface area contributed by atoms with Crippen LogP contribution in [0.2, 0.25) is 10.0 Å². The van der Waals surface area contributed by atoms with Gasteiger partial charge in [0.15, 0.2) is 16.6 Å². The number of hydrogen-bond donors (Lipinski definition) is 2. The Labute approximate surface area is 245 Å². The van der Waals surface area contributed by atoms with E-state index in [4.69, 9.17) is 49.9 Å². The first-order chi connectivity index (χ1) is 18.2. The molecule has 7 nitrogen and oxygen atoms in total. The number of amides is 1. The van der Waals surface area contributed by atoms with E-state index >= 15 is 0 Å². The molecule has 0 fully saturated rings. The molecule has 11 heteroatoms. The molecular weight excluding hydrogens is 611 g/mol. The van der Waals surface area contributed by atoms with E-state index < -0.39 is 6.17 Å². The number of carbonyl (C=O) groups excluding carboxylic acids is 1. The lowest BCUT2D eigenvalue weighted by molar-refractivity contribution is -0.119. The lowest BCUT2D eigenvalue weighted by Crippen LogP contribution is -2.49. The molecule has 1 atom stereocenters. The molecule has 1 unspecified atom stereocenters. The first kappa shape index (κ1) is 28.2. The number of halogens is 3. The number of thiocarbonyl (C=S) groups is 1. The molecule has 0 bridgehead atoms. The Bertz CT molecular complexity index is 1420. The Balaban J connectivity index is 1.55. The minimum Gasteiger partial charge on any atom is -0.493 e. The molecule has 198 valence electrons. The van der Waals surface area contributed by atoms with Gasteiger partial charge in [0.1, 0.15) is 0 Å². The Kier molecular flexibility index (Phi) is 9.15. The number of fused-ring (bicyclic) bond motifs is 1. The van der Waals surface area contributed by atoms with Crippen molar-refractivity contribution >= 4 is 73.8 Å². The van der Waals surface area contributed by atoms with E-state index in [1.165, 1.54) is 0 Å². The third-order valence-corrected chi connectivity index (χ3v) is 7.59. The summed E-state index contributed by atoms with van der Waals surface area (Å²) in [6, 6.07) is 16.4. The van der Waals surface area contributed by atoms with Gasteiger partial charge in [-0.25, -0.2) is 4.99 Å². The maximum atomic E-state index is 13.4. The van der Waals surface area contributed by atoms with E-state index in [1.54, 1.807) is 50.4 Å². The SMILES string of the molecule is COc1cc(Br)c(CCNC(=S)NC2N=C(c3ccccc3Cl)c3cc(Cl)ccc3N(C)C2=O)cc1OC. The van der Waals surface area contributed by atoms with Gasteiger partial charge < -0.3 is 25.0 Å². The minimum absolute atomic E-state index is 0.276. The molecule has 3 aromatic rings. The zero-order chi connectivity index (χ0) is 27.4. The third-order valence-electron chi connectivity index (χ3n) is 6.03. The summed E-state index contributed by atoms with van der Waals surface area (Å²) in [7, 11) is 4.88. The number of likely N-dealkylation sites (N-methyl/N-ethyl adjacent to an activating group) is 1. The fourth-order valence-corrected chi connectivity index (χ4v) is 5.21. The van der Waals surface area contributed by atoms with Gasteiger partial charge in [0.05, 0.1) is 25.6 Å². The van der Waals surface area contributed by atoms with Crippen LogP contribution in [-0.2, 0) is 11.2 Å². The van der Waals surface area contributed by atoms with Crippen LogP contribution in [0.4, 0.5) is 5.69 Å². The van der Waals surface area contributed by atoms with Crippen LogP contribution in [0.1, 0.15) is 16.7 Å². The van der Waals surface area contributed by atoms with Crippen LogP contribution in [0.25, 0.3) is 0 Å². The molecule has 0 spiro atoms. The van der Waals surface area contributed by atoms with Gasteiger partial charge in [0.25, 0.3) is 5.91 Å². The zero-order valence-electron chi connectivity index (χ0n) is 20.8. The molecule has 0 aromatic heterocycles. The van der Waals surface area contributed by atoms with Crippen LogP contribution >= 0.6 is 51.3 Å². The highest BCUT2D eigenvalue weighted by atomic mass is 79.9. The van der Waals surface area contributed by atoms with Crippen molar-refractivity contribution in [3.63, 3.8) is 0 Å². The van der Waals surface area contributed by atoms with E-state index in [1.807, 2.05) is 30.3 Å². The van der Waals surface area contributed by atoms with Gasteiger partial charge >= 0.3 is 0 Å². The molecule has 0 radical (unpaired) electrons. The average Bonchev–Trinajstić information content (AvgIpc) is 3.00. The van der Waals surface area contributed by atoms with Crippen LogP contribution in [0, 0.1) is 0 Å². The number of benzene rings is 3. The molecule has 0 saturated carbocycles. The van der Waals surface area contributed by atoms with Gasteiger partial charge in [0, 0.05) is 39.2 Å². The summed E-state index contributed by atoms with van der Waals surface area (Å²) in [5.74, 6) is 1.00. The number of hydrogen-bond acceptors (Lipinski definition) is 5. The molecule has 2 N–H and O–H groups in total. The van der Waals surface area contributed by atoms with E-state index in [0.717, 1.165) is 10.0 Å². The summed E-state index contributed by atoms with van der Waals surface area (Å²) in [5, 5.41) is 7.54. The number of methoxy groups -OCH3 is 2. The molecule has 0 aliphatic carbocycles. The fraction of sp³-hybridized carbons (Fsp3) is 0.222. The fourth-order valence-electron chi connectivity index (χ4n) is 4.08. The van der Waals surface area contributed by atoms with Crippen molar-refractivity contribution in [2.24, 2.45) is 4.99 Å². The minimum atomic E-state index is -0.981. The Morgan fingerprint density at radius 1 is 1.08 bits per heavy atom. The predicted octanol–water partition coefficient (Wildman–Crippen LogP) is 5.62. The van der Waals surface area contributed by atoms with Gasteiger partial charge in [-0.05, 0) is 60.6 Å². The van der Waals surface area contributed by atoms with Crippen LogP contribution < -0.4 is 25.0 Å². The topological polar surface area (TPSA) is 75.2 Å². The van der Waals surface area contributed by atoms with Crippen molar-refractivity contribution in [1.82, 2.24) is 10.6 Å². The van der Waals surface area contributed by atoms with Crippen molar-refractivity contribution in [2.45, 2.75) is 12.6 Å². The van der Waals surface area contributed by atoms with Crippen molar-refractivity contribution in [3.8, 4) is 11.5 Å². The molecule has 1 amide bonds. The third kappa shape index (κ3) is 6.07. The zero-order valence-corrected chi connectivity index (χ0v) is 24.8. The summed E-state index contributed by atoms with van der Waals surface area (Å²) < 4.78 is 11.6. The number of aliphatic imine (C=N–C) groups is 1. The molecular formula is C27H25BrCl2N4O3S. The molecule has 4 rings (SSSR count). The first-order valence-electron chi connectivity index (χ1n) is 11.6. The Morgan fingerprint density at radius 3 is 2.50 bits per heavy atom. The highest BCUT2D eigenvalue weighted by Crippen LogP contribution is 2.34. The maximum absolute atomic E-state index is 13.4. The van der Waals surface area contributed by atoms with Crippen molar-refractivity contribution in [3.05, 3.63) is 85.8 Å². The largest absolute Gasteiger partial charge is 0.493 e. The Hall–Kier alpha value is -2.85. The van der Waals surface area contributed by atoms with Crippen molar-refractivity contribution in [1.29, 1.82) is 0 Å². The molecule has 1 aliphatic heterocycles. The predicted molar refractivity (Wildman–Crippen MR) is 160 cm³/mol. The number of anilines is 1. The lowest BCUT2D eigenvalue weighted by Gasteiger charge is -2.22. The van der Waals surface area contributed by atoms with Gasteiger partial charge in [-0.3, -0.25) is 4.79 Å². The van der Waals surface area contributed by atoms with E-state index in [0.29, 0.717) is 62.1 Å². The van der Waals surface area contributed by atoms with E-state index in [2.05, 4.69) is 26.6 Å². The average molecular weight is 636 g/mol. The number of carbonyl (C=O) groups is 1. The van der Waals surface area contributed by atoms with E-state index in [-0.39, 0.29) is 5.91 Å². The van der Waals surface area contributed by atoms with Crippen LogP contribution in [0.15, 0.2) is 64.1 Å². The second kappa shape index (κ2) is 12.3.